The lowest BCUT2D eigenvalue weighted by Gasteiger charge is -2.58. The van der Waals surface area contributed by atoms with E-state index in [4.69, 9.17) is 0 Å². The number of rotatable bonds is 5. The molecule has 1 aromatic carbocycles. The first-order valence-corrected chi connectivity index (χ1v) is 12.9. The van der Waals surface area contributed by atoms with E-state index in [1.165, 1.54) is 5.57 Å². The maximum Gasteiger partial charge on any atom is 0.223 e. The molecule has 3 fully saturated rings. The van der Waals surface area contributed by atoms with Crippen molar-refractivity contribution in [2.24, 2.45) is 34.5 Å². The third kappa shape index (κ3) is 3.73. The largest absolute Gasteiger partial charge is 0.508 e. The van der Waals surface area contributed by atoms with Crippen molar-refractivity contribution in [3.8, 4) is 5.75 Å². The van der Waals surface area contributed by atoms with Crippen molar-refractivity contribution in [2.45, 2.75) is 64.9 Å². The molecule has 4 aliphatic rings. The lowest BCUT2D eigenvalue weighted by Crippen LogP contribution is -2.57. The van der Waals surface area contributed by atoms with Gasteiger partial charge in [0.15, 0.2) is 5.78 Å². The molecule has 1 amide bonds. The minimum atomic E-state index is -0.479. The van der Waals surface area contributed by atoms with Crippen molar-refractivity contribution in [2.75, 3.05) is 6.54 Å². The van der Waals surface area contributed by atoms with Crippen LogP contribution in [-0.4, -0.2) is 34.6 Å². The van der Waals surface area contributed by atoms with E-state index in [1.807, 2.05) is 24.3 Å². The van der Waals surface area contributed by atoms with Gasteiger partial charge < -0.3 is 15.5 Å². The molecule has 0 aromatic heterocycles. The second-order valence-electron chi connectivity index (χ2n) is 11.5. The Morgan fingerprint density at radius 3 is 2.76 bits per heavy atom. The Balaban J connectivity index is 1.26. The molecule has 0 heterocycles. The van der Waals surface area contributed by atoms with Crippen LogP contribution in [0.1, 0.15) is 57.9 Å². The van der Waals surface area contributed by atoms with Gasteiger partial charge in [0.2, 0.25) is 5.91 Å². The van der Waals surface area contributed by atoms with Gasteiger partial charge in [0.1, 0.15) is 5.75 Å². The lowest BCUT2D eigenvalue weighted by molar-refractivity contribution is -0.140. The molecule has 0 radical (unpaired) electrons. The Hall–Kier alpha value is -2.40. The van der Waals surface area contributed by atoms with Crippen LogP contribution in [0, 0.1) is 34.5 Å². The highest BCUT2D eigenvalue weighted by Gasteiger charge is 2.62. The van der Waals surface area contributed by atoms with Crippen molar-refractivity contribution in [1.29, 1.82) is 0 Å². The number of hydrogen-bond donors (Lipinski definition) is 3. The molecule has 5 heteroatoms. The first-order chi connectivity index (χ1) is 16.2. The molecule has 4 aliphatic carbocycles. The minimum absolute atomic E-state index is 0.0566. The fraction of sp³-hybridized carbons (Fsp3) is 0.586. The first kappa shape index (κ1) is 23.3. The number of carbonyl (C=O) groups is 2. The number of aryl methyl sites for hydroxylation is 1. The number of carbonyl (C=O) groups excluding carboxylic acids is 2. The van der Waals surface area contributed by atoms with Gasteiger partial charge in [-0.1, -0.05) is 43.7 Å². The number of hydrogen-bond acceptors (Lipinski definition) is 4. The normalized spacial score (nSPS) is 38.5. The molecule has 1 aromatic rings. The topological polar surface area (TPSA) is 86.6 Å². The number of phenols is 1. The summed E-state index contributed by atoms with van der Waals surface area (Å²) in [6.07, 6.45) is 10.9. The lowest BCUT2D eigenvalue weighted by atomic mass is 9.47. The number of benzene rings is 1. The Bertz CT molecular complexity index is 1040. The molecule has 5 nitrogen and oxygen atoms in total. The van der Waals surface area contributed by atoms with Crippen LogP contribution >= 0.6 is 0 Å². The highest BCUT2D eigenvalue weighted by atomic mass is 16.3. The van der Waals surface area contributed by atoms with E-state index in [0.717, 1.165) is 44.1 Å². The molecule has 3 N–H and O–H groups in total. The van der Waals surface area contributed by atoms with E-state index < -0.39 is 6.10 Å². The fourth-order valence-corrected chi connectivity index (χ4v) is 8.09. The first-order valence-electron chi connectivity index (χ1n) is 12.9. The monoisotopic (exact) mass is 463 g/mol. The summed E-state index contributed by atoms with van der Waals surface area (Å²) < 4.78 is 0. The van der Waals surface area contributed by atoms with Crippen LogP contribution < -0.4 is 5.32 Å². The molecule has 3 saturated carbocycles. The molecular formula is C29H37NO4. The van der Waals surface area contributed by atoms with Gasteiger partial charge in [-0.15, -0.1) is 0 Å². The van der Waals surface area contributed by atoms with Crippen LogP contribution in [0.25, 0.3) is 0 Å². The number of allylic oxidation sites excluding steroid dienone is 4. The maximum atomic E-state index is 13.3. The second-order valence-corrected chi connectivity index (χ2v) is 11.5. The van der Waals surface area contributed by atoms with Crippen LogP contribution in [0.15, 0.2) is 48.1 Å². The highest BCUT2D eigenvalue weighted by Crippen LogP contribution is 2.65. The van der Waals surface area contributed by atoms with Gasteiger partial charge in [0, 0.05) is 23.8 Å². The average Bonchev–Trinajstić information content (AvgIpc) is 3.14. The predicted octanol–water partition coefficient (Wildman–Crippen LogP) is 4.34. The Morgan fingerprint density at radius 1 is 1.18 bits per heavy atom. The fourth-order valence-electron chi connectivity index (χ4n) is 8.09. The zero-order valence-corrected chi connectivity index (χ0v) is 20.3. The van der Waals surface area contributed by atoms with E-state index in [1.54, 1.807) is 18.2 Å². The third-order valence-electron chi connectivity index (χ3n) is 9.72. The summed E-state index contributed by atoms with van der Waals surface area (Å²) in [4.78, 5) is 25.3. The van der Waals surface area contributed by atoms with Gasteiger partial charge in [-0.05, 0) is 86.0 Å². The molecule has 0 spiro atoms. The summed E-state index contributed by atoms with van der Waals surface area (Å²) in [6.45, 7) is 5.00. The molecule has 0 saturated heterocycles. The Kier molecular flexibility index (Phi) is 5.96. The van der Waals surface area contributed by atoms with Crippen LogP contribution in [0.5, 0.6) is 5.75 Å². The molecule has 34 heavy (non-hydrogen) atoms. The summed E-state index contributed by atoms with van der Waals surface area (Å²) in [5.41, 5.74) is 1.61. The quantitative estimate of drug-likeness (QED) is 0.567. The number of amides is 1. The van der Waals surface area contributed by atoms with Gasteiger partial charge in [0.05, 0.1) is 6.10 Å². The van der Waals surface area contributed by atoms with Crippen LogP contribution in [0.4, 0.5) is 0 Å². The van der Waals surface area contributed by atoms with Crippen molar-refractivity contribution < 1.29 is 19.8 Å². The zero-order chi connectivity index (χ0) is 24.1. The summed E-state index contributed by atoms with van der Waals surface area (Å²) in [5, 5.41) is 24.6. The highest BCUT2D eigenvalue weighted by molar-refractivity contribution is 6.01. The summed E-state index contributed by atoms with van der Waals surface area (Å²) in [6, 6.07) is 7.35. The van der Waals surface area contributed by atoms with Gasteiger partial charge in [0.25, 0.3) is 0 Å². The number of nitrogens with one attached hydrogen (secondary N) is 1. The van der Waals surface area contributed by atoms with Crippen molar-refractivity contribution >= 4 is 11.7 Å². The number of phenolic OH excluding ortho intramolecular Hbond substituents is 1. The molecular weight excluding hydrogens is 426 g/mol. The zero-order valence-electron chi connectivity index (χ0n) is 20.3. The number of fused-ring (bicyclic) bond motifs is 5. The van der Waals surface area contributed by atoms with Crippen molar-refractivity contribution in [1.82, 2.24) is 5.32 Å². The molecule has 5 rings (SSSR count). The molecule has 0 bridgehead atoms. The van der Waals surface area contributed by atoms with E-state index in [9.17, 15) is 19.8 Å². The van der Waals surface area contributed by atoms with E-state index in [2.05, 4.69) is 19.2 Å². The van der Waals surface area contributed by atoms with Gasteiger partial charge in [-0.2, -0.15) is 0 Å². The van der Waals surface area contributed by atoms with Crippen molar-refractivity contribution in [3.05, 3.63) is 53.6 Å². The molecule has 0 aliphatic heterocycles. The van der Waals surface area contributed by atoms with Gasteiger partial charge >= 0.3 is 0 Å². The van der Waals surface area contributed by atoms with E-state index >= 15 is 0 Å². The third-order valence-corrected chi connectivity index (χ3v) is 9.72. The van der Waals surface area contributed by atoms with Gasteiger partial charge in [-0.3, -0.25) is 9.59 Å². The standard InChI is InChI=1S/C29H37NO4/c1-28-14-13-20(31)16-19(28)9-10-21-22-11-12-23(29(22,2)17-25(33)26(21)28)27(34)30-15-5-7-18-6-3-4-8-24(18)32/h3-4,6,8,13-14,16,21-23,25-26,32-33H,5,7,9-12,15,17H2,1-2H3,(H,30,34). The summed E-state index contributed by atoms with van der Waals surface area (Å²) >= 11 is 0. The summed E-state index contributed by atoms with van der Waals surface area (Å²) in [7, 11) is 0. The number of aliphatic hydroxyl groups is 1. The molecule has 7 atom stereocenters. The Labute approximate surface area is 202 Å². The van der Waals surface area contributed by atoms with Crippen LogP contribution in [0.3, 0.4) is 0 Å². The maximum absolute atomic E-state index is 13.3. The molecule has 182 valence electrons. The minimum Gasteiger partial charge on any atom is -0.508 e. The van der Waals surface area contributed by atoms with Crippen LogP contribution in [-0.2, 0) is 16.0 Å². The predicted molar refractivity (Wildman–Crippen MR) is 131 cm³/mol. The second kappa shape index (κ2) is 8.67. The number of ketones is 1. The van der Waals surface area contributed by atoms with Gasteiger partial charge in [-0.25, -0.2) is 0 Å². The number of aromatic hydroxyl groups is 1. The SMILES string of the molecule is CC12C=CC(=O)C=C1CCC1C2C(O)CC2(C)C(C(=O)NCCCc3ccccc3O)CCC12. The van der Waals surface area contributed by atoms with E-state index in [-0.39, 0.29) is 34.4 Å². The molecule has 7 unspecified atom stereocenters. The van der Waals surface area contributed by atoms with Crippen molar-refractivity contribution in [3.63, 3.8) is 0 Å². The smallest absolute Gasteiger partial charge is 0.223 e. The Morgan fingerprint density at radius 2 is 1.97 bits per heavy atom. The summed E-state index contributed by atoms with van der Waals surface area (Å²) in [5.74, 6) is 1.29. The van der Waals surface area contributed by atoms with E-state index in [0.29, 0.717) is 30.6 Å². The van der Waals surface area contributed by atoms with Crippen LogP contribution in [0.2, 0.25) is 0 Å². The number of aliphatic hydroxyl groups excluding tert-OH is 1. The number of para-hydroxylation sites is 1. The average molecular weight is 464 g/mol.